The molecule has 178 valence electrons. The van der Waals surface area contributed by atoms with Gasteiger partial charge >= 0.3 is 0 Å². The quantitative estimate of drug-likeness (QED) is 0.432. The second-order valence-electron chi connectivity index (χ2n) is 8.36. The molecule has 3 aromatic carbocycles. The van der Waals surface area contributed by atoms with Crippen LogP contribution in [0.1, 0.15) is 11.1 Å². The van der Waals surface area contributed by atoms with Crippen LogP contribution in [-0.2, 0) is 27.9 Å². The molecule has 0 bridgehead atoms. The number of sulfonamides is 1. The molecule has 1 fully saturated rings. The Morgan fingerprint density at radius 3 is 2.00 bits per heavy atom. The number of nitrogens with zero attached hydrogens (tertiary/aromatic N) is 3. The van der Waals surface area contributed by atoms with Gasteiger partial charge in [0, 0.05) is 43.7 Å². The van der Waals surface area contributed by atoms with E-state index in [-0.39, 0.29) is 23.9 Å². The highest BCUT2D eigenvalue weighted by Gasteiger charge is 2.30. The third-order valence-corrected chi connectivity index (χ3v) is 8.27. The average Bonchev–Trinajstić information content (AvgIpc) is 2.86. The molecule has 0 aromatic heterocycles. The van der Waals surface area contributed by atoms with Gasteiger partial charge in [0.2, 0.25) is 15.9 Å². The van der Waals surface area contributed by atoms with Crippen LogP contribution in [0.2, 0.25) is 0 Å². The summed E-state index contributed by atoms with van der Waals surface area (Å²) >= 11 is 3.41. The molecule has 8 heteroatoms. The lowest BCUT2D eigenvalue weighted by Crippen LogP contribution is -2.51. The smallest absolute Gasteiger partial charge is 0.243 e. The molecule has 0 N–H and O–H groups in total. The number of hydrogen-bond acceptors (Lipinski definition) is 4. The van der Waals surface area contributed by atoms with Gasteiger partial charge in [-0.3, -0.25) is 9.69 Å². The largest absolute Gasteiger partial charge is 0.339 e. The van der Waals surface area contributed by atoms with Gasteiger partial charge in [-0.1, -0.05) is 76.6 Å². The highest BCUT2D eigenvalue weighted by atomic mass is 79.9. The van der Waals surface area contributed by atoms with Crippen molar-refractivity contribution in [2.45, 2.75) is 18.0 Å². The maximum atomic E-state index is 13.4. The van der Waals surface area contributed by atoms with E-state index in [4.69, 9.17) is 0 Å². The van der Waals surface area contributed by atoms with Crippen LogP contribution in [-0.4, -0.2) is 61.2 Å². The van der Waals surface area contributed by atoms with Crippen molar-refractivity contribution in [3.8, 4) is 0 Å². The van der Waals surface area contributed by atoms with Crippen LogP contribution in [0.15, 0.2) is 94.3 Å². The SMILES string of the molecule is O=C(CN(Cc1ccc(Br)cc1)S(=O)(=O)c1ccccc1)N1CCN(Cc2ccccc2)CC1. The van der Waals surface area contributed by atoms with E-state index in [2.05, 4.69) is 33.0 Å². The zero-order valence-electron chi connectivity index (χ0n) is 18.9. The first-order chi connectivity index (χ1) is 16.4. The number of carbonyl (C=O) groups excluding carboxylic acids is 1. The fourth-order valence-electron chi connectivity index (χ4n) is 4.01. The molecule has 0 atom stereocenters. The molecular weight excluding hydrogens is 514 g/mol. The summed E-state index contributed by atoms with van der Waals surface area (Å²) in [5.74, 6) is -0.170. The third-order valence-electron chi connectivity index (χ3n) is 5.94. The zero-order chi connectivity index (χ0) is 24.0. The van der Waals surface area contributed by atoms with E-state index in [0.29, 0.717) is 13.1 Å². The molecule has 1 heterocycles. The molecule has 4 rings (SSSR count). The predicted molar refractivity (Wildman–Crippen MR) is 136 cm³/mol. The Labute approximate surface area is 210 Å². The molecule has 6 nitrogen and oxygen atoms in total. The Morgan fingerprint density at radius 2 is 1.38 bits per heavy atom. The molecule has 1 aliphatic rings. The lowest BCUT2D eigenvalue weighted by atomic mass is 10.2. The predicted octanol–water partition coefficient (Wildman–Crippen LogP) is 3.98. The Morgan fingerprint density at radius 1 is 0.794 bits per heavy atom. The van der Waals surface area contributed by atoms with Crippen molar-refractivity contribution in [3.05, 3.63) is 101 Å². The van der Waals surface area contributed by atoms with Gasteiger partial charge in [0.1, 0.15) is 0 Å². The Kier molecular flexibility index (Phi) is 8.15. The number of hydrogen-bond donors (Lipinski definition) is 0. The number of rotatable bonds is 8. The van der Waals surface area contributed by atoms with E-state index in [1.807, 2.05) is 42.5 Å². The standard InChI is InChI=1S/C26H28BrN3O3S/c27-24-13-11-23(12-14-24)20-30(34(32,33)25-9-5-2-6-10-25)21-26(31)29-17-15-28(16-18-29)19-22-7-3-1-4-8-22/h1-14H,15-21H2. The molecular formula is C26H28BrN3O3S. The van der Waals surface area contributed by atoms with Gasteiger partial charge in [0.15, 0.2) is 0 Å². The summed E-state index contributed by atoms with van der Waals surface area (Å²) < 4.78 is 29.0. The van der Waals surface area contributed by atoms with Crippen LogP contribution < -0.4 is 0 Å². The lowest BCUT2D eigenvalue weighted by molar-refractivity contribution is -0.133. The molecule has 0 spiro atoms. The van der Waals surface area contributed by atoms with Crippen LogP contribution in [0.25, 0.3) is 0 Å². The molecule has 3 aromatic rings. The number of carbonyl (C=O) groups is 1. The minimum atomic E-state index is -3.83. The van der Waals surface area contributed by atoms with E-state index in [1.165, 1.54) is 9.87 Å². The normalized spacial score (nSPS) is 14.9. The van der Waals surface area contributed by atoms with Gasteiger partial charge in [0.05, 0.1) is 11.4 Å². The summed E-state index contributed by atoms with van der Waals surface area (Å²) in [7, 11) is -3.83. The molecule has 0 unspecified atom stereocenters. The molecule has 0 aliphatic carbocycles. The first-order valence-corrected chi connectivity index (χ1v) is 13.5. The van der Waals surface area contributed by atoms with E-state index >= 15 is 0 Å². The fraction of sp³-hybridized carbons (Fsp3) is 0.269. The number of benzene rings is 3. The van der Waals surface area contributed by atoms with E-state index in [0.717, 1.165) is 29.7 Å². The van der Waals surface area contributed by atoms with Crippen LogP contribution in [0, 0.1) is 0 Å². The van der Waals surface area contributed by atoms with Gasteiger partial charge in [0.25, 0.3) is 0 Å². The topological polar surface area (TPSA) is 60.9 Å². The second-order valence-corrected chi connectivity index (χ2v) is 11.2. The highest BCUT2D eigenvalue weighted by molar-refractivity contribution is 9.10. The summed E-state index contributed by atoms with van der Waals surface area (Å²) in [5, 5.41) is 0. The second kappa shape index (κ2) is 11.3. The van der Waals surface area contributed by atoms with E-state index < -0.39 is 10.0 Å². The summed E-state index contributed by atoms with van der Waals surface area (Å²) in [5.41, 5.74) is 2.07. The van der Waals surface area contributed by atoms with Crippen molar-refractivity contribution < 1.29 is 13.2 Å². The Hall–Kier alpha value is -2.52. The van der Waals surface area contributed by atoms with Crippen molar-refractivity contribution in [2.24, 2.45) is 0 Å². The van der Waals surface area contributed by atoms with Crippen LogP contribution in [0.5, 0.6) is 0 Å². The van der Waals surface area contributed by atoms with Gasteiger partial charge in [-0.2, -0.15) is 4.31 Å². The van der Waals surface area contributed by atoms with E-state index in [9.17, 15) is 13.2 Å². The average molecular weight is 542 g/mol. The monoisotopic (exact) mass is 541 g/mol. The lowest BCUT2D eigenvalue weighted by Gasteiger charge is -2.35. The van der Waals surface area contributed by atoms with Gasteiger partial charge in [-0.25, -0.2) is 8.42 Å². The first-order valence-electron chi connectivity index (χ1n) is 11.3. The van der Waals surface area contributed by atoms with Crippen LogP contribution in [0.3, 0.4) is 0 Å². The summed E-state index contributed by atoms with van der Waals surface area (Å²) in [4.78, 5) is 17.5. The van der Waals surface area contributed by atoms with Crippen molar-refractivity contribution >= 4 is 31.9 Å². The highest BCUT2D eigenvalue weighted by Crippen LogP contribution is 2.20. The van der Waals surface area contributed by atoms with Crippen LogP contribution in [0.4, 0.5) is 0 Å². The third kappa shape index (κ3) is 6.33. The minimum Gasteiger partial charge on any atom is -0.339 e. The Bertz CT molecular complexity index is 1180. The van der Waals surface area contributed by atoms with Crippen molar-refractivity contribution in [1.82, 2.24) is 14.1 Å². The summed E-state index contributed by atoms with van der Waals surface area (Å²) in [6.07, 6.45) is 0. The molecule has 0 radical (unpaired) electrons. The first kappa shape index (κ1) is 24.6. The molecule has 34 heavy (non-hydrogen) atoms. The van der Waals surface area contributed by atoms with Gasteiger partial charge < -0.3 is 4.90 Å². The van der Waals surface area contributed by atoms with Crippen molar-refractivity contribution in [3.63, 3.8) is 0 Å². The zero-order valence-corrected chi connectivity index (χ0v) is 21.3. The summed E-state index contributed by atoms with van der Waals surface area (Å²) in [6.45, 7) is 3.49. The Balaban J connectivity index is 1.44. The van der Waals surface area contributed by atoms with Crippen molar-refractivity contribution in [1.29, 1.82) is 0 Å². The number of piperazine rings is 1. The fourth-order valence-corrected chi connectivity index (χ4v) is 5.67. The number of amides is 1. The van der Waals surface area contributed by atoms with Gasteiger partial charge in [-0.15, -0.1) is 0 Å². The minimum absolute atomic E-state index is 0.129. The van der Waals surface area contributed by atoms with Crippen molar-refractivity contribution in [2.75, 3.05) is 32.7 Å². The number of halogens is 1. The van der Waals surface area contributed by atoms with Crippen LogP contribution >= 0.6 is 15.9 Å². The van der Waals surface area contributed by atoms with Gasteiger partial charge in [-0.05, 0) is 35.4 Å². The molecule has 1 aliphatic heterocycles. The van der Waals surface area contributed by atoms with E-state index in [1.54, 1.807) is 35.2 Å². The maximum absolute atomic E-state index is 13.4. The molecule has 1 amide bonds. The maximum Gasteiger partial charge on any atom is 0.243 e. The molecule has 0 saturated carbocycles. The summed E-state index contributed by atoms with van der Waals surface area (Å²) in [6, 6.07) is 26.0. The molecule has 1 saturated heterocycles.